The van der Waals surface area contributed by atoms with Gasteiger partial charge >= 0.3 is 0 Å². The zero-order valence-electron chi connectivity index (χ0n) is 5.60. The normalized spacial score (nSPS) is 7.30. The molecule has 0 heterocycles. The quantitative estimate of drug-likeness (QED) is 0.482. The number of hydrogen-bond donors (Lipinski definition) is 1. The summed E-state index contributed by atoms with van der Waals surface area (Å²) in [4.78, 5) is 9.10. The third kappa shape index (κ3) is 7.24. The first-order valence-corrected chi connectivity index (χ1v) is 3.59. The third-order valence-electron chi connectivity index (χ3n) is 0.741. The Morgan fingerprint density at radius 3 is 1.30 bits per heavy atom. The van der Waals surface area contributed by atoms with Crippen molar-refractivity contribution in [2.45, 2.75) is 0 Å². The van der Waals surface area contributed by atoms with E-state index in [1.54, 1.807) is 0 Å². The van der Waals surface area contributed by atoms with Crippen molar-refractivity contribution in [2.75, 3.05) is 5.75 Å². The summed E-state index contributed by atoms with van der Waals surface area (Å²) in [6, 6.07) is 12.0. The maximum atomic E-state index is 9.10. The van der Waals surface area contributed by atoms with Crippen molar-refractivity contribution < 1.29 is 4.79 Å². The van der Waals surface area contributed by atoms with E-state index < -0.39 is 0 Å². The lowest BCUT2D eigenvalue weighted by atomic mass is 10.4. The van der Waals surface area contributed by atoms with Gasteiger partial charge in [-0.15, -0.1) is 0 Å². The molecule has 0 bridgehead atoms. The van der Waals surface area contributed by atoms with E-state index in [9.17, 15) is 0 Å². The Morgan fingerprint density at radius 1 is 1.00 bits per heavy atom. The molecule has 0 aliphatic rings. The van der Waals surface area contributed by atoms with Crippen molar-refractivity contribution >= 4 is 18.9 Å². The van der Waals surface area contributed by atoms with E-state index in [2.05, 4.69) is 12.6 Å². The number of aldehydes is 1. The molecule has 1 nitrogen and oxygen atoms in total. The predicted octanol–water partition coefficient (Wildman–Crippen LogP) is 1.80. The first-order chi connectivity index (χ1) is 4.91. The summed E-state index contributed by atoms with van der Waals surface area (Å²) in [5, 5.41) is 0. The lowest BCUT2D eigenvalue weighted by Gasteiger charge is -1.69. The molecule has 0 saturated carbocycles. The molecule has 0 aliphatic heterocycles. The number of carbonyl (C=O) groups excluding carboxylic acids is 1. The van der Waals surface area contributed by atoms with E-state index in [4.69, 9.17) is 4.79 Å². The molecule has 0 radical (unpaired) electrons. The SMILES string of the molecule is O=CCS.c1ccccc1. The van der Waals surface area contributed by atoms with Gasteiger partial charge in [-0.3, -0.25) is 0 Å². The van der Waals surface area contributed by atoms with E-state index in [1.165, 1.54) is 0 Å². The predicted molar refractivity (Wildman–Crippen MR) is 46.4 cm³/mol. The second kappa shape index (κ2) is 8.24. The molecular formula is C8H10OS. The number of thiol groups is 1. The minimum absolute atomic E-state index is 0.333. The van der Waals surface area contributed by atoms with Crippen molar-refractivity contribution in [3.05, 3.63) is 36.4 Å². The molecular weight excluding hydrogens is 144 g/mol. The van der Waals surface area contributed by atoms with Crippen LogP contribution in [0.3, 0.4) is 0 Å². The summed E-state index contributed by atoms with van der Waals surface area (Å²) >= 11 is 3.55. The minimum Gasteiger partial charge on any atom is -0.302 e. The van der Waals surface area contributed by atoms with Crippen molar-refractivity contribution in [3.8, 4) is 0 Å². The smallest absolute Gasteiger partial charge is 0.129 e. The average Bonchev–Trinajstić information content (AvgIpc) is 2.08. The van der Waals surface area contributed by atoms with Gasteiger partial charge in [-0.25, -0.2) is 0 Å². The van der Waals surface area contributed by atoms with E-state index >= 15 is 0 Å². The molecule has 2 heteroatoms. The van der Waals surface area contributed by atoms with Gasteiger partial charge in [0.05, 0.1) is 0 Å². The van der Waals surface area contributed by atoms with Gasteiger partial charge in [0.15, 0.2) is 0 Å². The zero-order chi connectivity index (χ0) is 7.66. The fourth-order valence-corrected chi connectivity index (χ4v) is 0.385. The molecule has 0 aromatic heterocycles. The molecule has 0 amide bonds. The first kappa shape index (κ1) is 9.24. The highest BCUT2D eigenvalue weighted by Gasteiger charge is 1.57. The zero-order valence-corrected chi connectivity index (χ0v) is 6.50. The fourth-order valence-electron chi connectivity index (χ4n) is 0.385. The van der Waals surface area contributed by atoms with Gasteiger partial charge in [0.25, 0.3) is 0 Å². The Balaban J connectivity index is 0.000000180. The van der Waals surface area contributed by atoms with Crippen LogP contribution in [0.15, 0.2) is 36.4 Å². The fraction of sp³-hybridized carbons (Fsp3) is 0.125. The summed E-state index contributed by atoms with van der Waals surface area (Å²) < 4.78 is 0. The van der Waals surface area contributed by atoms with Crippen LogP contribution < -0.4 is 0 Å². The molecule has 1 aromatic rings. The second-order valence-electron chi connectivity index (χ2n) is 1.50. The summed E-state index contributed by atoms with van der Waals surface area (Å²) in [6.07, 6.45) is 0.739. The Labute approximate surface area is 66.5 Å². The van der Waals surface area contributed by atoms with Crippen LogP contribution in [0.5, 0.6) is 0 Å². The molecule has 1 aromatic carbocycles. The van der Waals surface area contributed by atoms with Gasteiger partial charge < -0.3 is 4.79 Å². The molecule has 0 unspecified atom stereocenters. The topological polar surface area (TPSA) is 17.1 Å². The van der Waals surface area contributed by atoms with E-state index in [-0.39, 0.29) is 0 Å². The van der Waals surface area contributed by atoms with Crippen molar-refractivity contribution in [1.29, 1.82) is 0 Å². The number of carbonyl (C=O) groups is 1. The summed E-state index contributed by atoms with van der Waals surface area (Å²) in [6.45, 7) is 0. The van der Waals surface area contributed by atoms with E-state index in [0.717, 1.165) is 6.29 Å². The molecule has 0 aliphatic carbocycles. The summed E-state index contributed by atoms with van der Waals surface area (Å²) in [7, 11) is 0. The number of hydrogen-bond acceptors (Lipinski definition) is 2. The number of rotatable bonds is 1. The molecule has 0 N–H and O–H groups in total. The lowest BCUT2D eigenvalue weighted by Crippen LogP contribution is -1.63. The summed E-state index contributed by atoms with van der Waals surface area (Å²) in [5.41, 5.74) is 0. The standard InChI is InChI=1S/C6H6.C2H4OS/c1-2-4-6-5-3-1;3-1-2-4/h1-6H;1,4H,2H2. The Bertz CT molecular complexity index is 124. The highest BCUT2D eigenvalue weighted by Crippen LogP contribution is 1.79. The van der Waals surface area contributed by atoms with Gasteiger partial charge in [0.2, 0.25) is 0 Å². The largest absolute Gasteiger partial charge is 0.302 e. The maximum Gasteiger partial charge on any atom is 0.129 e. The van der Waals surface area contributed by atoms with Gasteiger partial charge in [-0.05, 0) is 0 Å². The van der Waals surface area contributed by atoms with Crippen LogP contribution in [-0.2, 0) is 4.79 Å². The first-order valence-electron chi connectivity index (χ1n) is 2.96. The Hall–Kier alpha value is -0.760. The highest BCUT2D eigenvalue weighted by atomic mass is 32.1. The second-order valence-corrected chi connectivity index (χ2v) is 1.87. The average molecular weight is 154 g/mol. The van der Waals surface area contributed by atoms with Gasteiger partial charge in [-0.1, -0.05) is 36.4 Å². The van der Waals surface area contributed by atoms with Gasteiger partial charge in [0, 0.05) is 5.75 Å². The minimum atomic E-state index is 0.333. The van der Waals surface area contributed by atoms with Crippen LogP contribution in [0.4, 0.5) is 0 Å². The van der Waals surface area contributed by atoms with Gasteiger partial charge in [0.1, 0.15) is 6.29 Å². The molecule has 54 valence electrons. The van der Waals surface area contributed by atoms with E-state index in [0.29, 0.717) is 5.75 Å². The molecule has 0 atom stereocenters. The molecule has 1 rings (SSSR count). The van der Waals surface area contributed by atoms with Crippen molar-refractivity contribution in [2.24, 2.45) is 0 Å². The van der Waals surface area contributed by atoms with Crippen LogP contribution in [0.25, 0.3) is 0 Å². The van der Waals surface area contributed by atoms with Crippen molar-refractivity contribution in [1.82, 2.24) is 0 Å². The Morgan fingerprint density at radius 2 is 1.20 bits per heavy atom. The highest BCUT2D eigenvalue weighted by molar-refractivity contribution is 7.80. The third-order valence-corrected chi connectivity index (χ3v) is 0.890. The van der Waals surface area contributed by atoms with Crippen molar-refractivity contribution in [3.63, 3.8) is 0 Å². The van der Waals surface area contributed by atoms with Gasteiger partial charge in [-0.2, -0.15) is 12.6 Å². The Kier molecular flexibility index (Phi) is 7.61. The van der Waals surface area contributed by atoms with Crippen LogP contribution in [0, 0.1) is 0 Å². The van der Waals surface area contributed by atoms with Crippen LogP contribution >= 0.6 is 12.6 Å². The maximum absolute atomic E-state index is 9.10. The monoisotopic (exact) mass is 154 g/mol. The van der Waals surface area contributed by atoms with E-state index in [1.807, 2.05) is 36.4 Å². The molecule has 0 saturated heterocycles. The molecule has 10 heavy (non-hydrogen) atoms. The van der Waals surface area contributed by atoms with Crippen LogP contribution in [-0.4, -0.2) is 12.0 Å². The lowest BCUT2D eigenvalue weighted by molar-refractivity contribution is -0.105. The van der Waals surface area contributed by atoms with Crippen LogP contribution in [0.2, 0.25) is 0 Å². The van der Waals surface area contributed by atoms with Crippen LogP contribution in [0.1, 0.15) is 0 Å². The molecule has 0 spiro atoms. The molecule has 0 fully saturated rings. The number of benzene rings is 1. The summed E-state index contributed by atoms with van der Waals surface area (Å²) in [5.74, 6) is 0.333.